The first-order valence-electron chi connectivity index (χ1n) is 11.1. The molecule has 1 saturated heterocycles. The third-order valence-electron chi connectivity index (χ3n) is 5.49. The van der Waals surface area contributed by atoms with Gasteiger partial charge in [0.15, 0.2) is 5.96 Å². The number of nitrogens with one attached hydrogen (secondary N) is 2. The molecule has 2 N–H and O–H groups in total. The monoisotopic (exact) mass is 426 g/mol. The summed E-state index contributed by atoms with van der Waals surface area (Å²) >= 11 is 0. The summed E-state index contributed by atoms with van der Waals surface area (Å²) in [6, 6.07) is 9.92. The Hall–Kier alpha value is -2.87. The third-order valence-corrected chi connectivity index (χ3v) is 5.49. The van der Waals surface area contributed by atoms with Crippen molar-refractivity contribution in [1.82, 2.24) is 25.4 Å². The molecule has 1 amide bonds. The summed E-state index contributed by atoms with van der Waals surface area (Å²) in [5, 5.41) is 6.63. The highest BCUT2D eigenvalue weighted by Crippen LogP contribution is 2.24. The molecular weight excluding hydrogens is 392 g/mol. The van der Waals surface area contributed by atoms with E-state index in [2.05, 4.69) is 25.5 Å². The standard InChI is InChI=1S/C23H34N6O2/c1-3-24-23(26-17-20(21-10-8-16-31-21)29-13-6-7-14-29)27-18-22(30)28(2)15-11-19-9-4-5-12-25-19/h4-5,8-10,12,16,20H,3,6-7,11,13-15,17-18H2,1-2H3,(H2,24,26,27). The van der Waals surface area contributed by atoms with E-state index in [1.807, 2.05) is 44.3 Å². The highest BCUT2D eigenvalue weighted by molar-refractivity contribution is 5.84. The second-order valence-corrected chi connectivity index (χ2v) is 7.74. The summed E-state index contributed by atoms with van der Waals surface area (Å²) in [6.07, 6.45) is 6.65. The Kier molecular flexibility index (Phi) is 8.90. The Bertz CT molecular complexity index is 803. The van der Waals surface area contributed by atoms with Crippen molar-refractivity contribution in [1.29, 1.82) is 0 Å². The summed E-state index contributed by atoms with van der Waals surface area (Å²) in [5.41, 5.74) is 0.978. The fourth-order valence-electron chi connectivity index (χ4n) is 3.70. The number of likely N-dealkylation sites (N-methyl/N-ethyl adjacent to an activating group) is 1. The maximum atomic E-state index is 12.5. The van der Waals surface area contributed by atoms with E-state index >= 15 is 0 Å². The van der Waals surface area contributed by atoms with E-state index in [0.29, 0.717) is 19.0 Å². The summed E-state index contributed by atoms with van der Waals surface area (Å²) < 4.78 is 5.69. The van der Waals surface area contributed by atoms with E-state index in [4.69, 9.17) is 4.42 Å². The summed E-state index contributed by atoms with van der Waals surface area (Å²) in [5.74, 6) is 1.58. The second-order valence-electron chi connectivity index (χ2n) is 7.74. The predicted octanol–water partition coefficient (Wildman–Crippen LogP) is 2.07. The van der Waals surface area contributed by atoms with E-state index in [1.54, 1.807) is 17.4 Å². The van der Waals surface area contributed by atoms with Gasteiger partial charge in [0.1, 0.15) is 12.3 Å². The van der Waals surface area contributed by atoms with E-state index in [1.165, 1.54) is 12.8 Å². The van der Waals surface area contributed by atoms with E-state index in [0.717, 1.165) is 37.5 Å². The van der Waals surface area contributed by atoms with E-state index < -0.39 is 0 Å². The van der Waals surface area contributed by atoms with Crippen LogP contribution in [-0.4, -0.2) is 73.0 Å². The van der Waals surface area contributed by atoms with E-state index in [9.17, 15) is 4.79 Å². The Labute approximate surface area is 184 Å². The number of carbonyl (C=O) groups is 1. The molecule has 1 aliphatic heterocycles. The molecule has 0 aromatic carbocycles. The van der Waals surface area contributed by atoms with Gasteiger partial charge in [-0.3, -0.25) is 14.7 Å². The molecule has 2 aromatic heterocycles. The number of amides is 1. The van der Waals surface area contributed by atoms with Gasteiger partial charge in [-0.2, -0.15) is 0 Å². The van der Waals surface area contributed by atoms with Crippen LogP contribution in [0.5, 0.6) is 0 Å². The van der Waals surface area contributed by atoms with Crippen LogP contribution in [-0.2, 0) is 11.2 Å². The van der Waals surface area contributed by atoms with Gasteiger partial charge in [0.05, 0.1) is 12.3 Å². The minimum atomic E-state index is -0.0183. The SMILES string of the molecule is CCNC(=NCC(=O)N(C)CCc1ccccn1)NCC(c1ccco1)N1CCCC1. The molecule has 8 heteroatoms. The predicted molar refractivity (Wildman–Crippen MR) is 122 cm³/mol. The first kappa shape index (κ1) is 22.8. The summed E-state index contributed by atoms with van der Waals surface area (Å²) in [7, 11) is 1.81. The van der Waals surface area contributed by atoms with Crippen LogP contribution in [0.3, 0.4) is 0 Å². The molecule has 168 valence electrons. The van der Waals surface area contributed by atoms with Gasteiger partial charge in [-0.25, -0.2) is 4.99 Å². The van der Waals surface area contributed by atoms with Crippen LogP contribution in [0.1, 0.15) is 37.3 Å². The van der Waals surface area contributed by atoms with Crippen molar-refractivity contribution in [3.05, 3.63) is 54.2 Å². The molecule has 0 radical (unpaired) electrons. The molecule has 8 nitrogen and oxygen atoms in total. The molecule has 1 fully saturated rings. The number of aliphatic imine (C=N–C) groups is 1. The van der Waals surface area contributed by atoms with Gasteiger partial charge < -0.3 is 20.0 Å². The molecule has 3 heterocycles. The average Bonchev–Trinajstić information content (AvgIpc) is 3.51. The first-order chi connectivity index (χ1) is 15.2. The minimum absolute atomic E-state index is 0.0183. The Morgan fingerprint density at radius 2 is 2.10 bits per heavy atom. The lowest BCUT2D eigenvalue weighted by molar-refractivity contribution is -0.128. The van der Waals surface area contributed by atoms with Gasteiger partial charge in [-0.05, 0) is 57.1 Å². The Morgan fingerprint density at radius 3 is 2.77 bits per heavy atom. The normalized spacial score (nSPS) is 15.6. The Morgan fingerprint density at radius 1 is 1.26 bits per heavy atom. The number of likely N-dealkylation sites (tertiary alicyclic amines) is 1. The van der Waals surface area contributed by atoms with Crippen molar-refractivity contribution in [3.8, 4) is 0 Å². The van der Waals surface area contributed by atoms with Gasteiger partial charge in [0.2, 0.25) is 5.91 Å². The first-order valence-corrected chi connectivity index (χ1v) is 11.1. The number of carbonyl (C=O) groups excluding carboxylic acids is 1. The second kappa shape index (κ2) is 12.1. The largest absolute Gasteiger partial charge is 0.468 e. The lowest BCUT2D eigenvalue weighted by Gasteiger charge is -2.26. The van der Waals surface area contributed by atoms with Crippen LogP contribution in [0.2, 0.25) is 0 Å². The van der Waals surface area contributed by atoms with Crippen LogP contribution >= 0.6 is 0 Å². The fraction of sp³-hybridized carbons (Fsp3) is 0.522. The number of nitrogens with zero attached hydrogens (tertiary/aromatic N) is 4. The highest BCUT2D eigenvalue weighted by atomic mass is 16.3. The third kappa shape index (κ3) is 7.10. The Balaban J connectivity index is 1.52. The van der Waals surface area contributed by atoms with Crippen molar-refractivity contribution in [2.45, 2.75) is 32.2 Å². The number of rotatable bonds is 10. The number of hydrogen-bond donors (Lipinski definition) is 2. The van der Waals surface area contributed by atoms with Gasteiger partial charge in [0.25, 0.3) is 0 Å². The maximum Gasteiger partial charge on any atom is 0.244 e. The van der Waals surface area contributed by atoms with Crippen molar-refractivity contribution >= 4 is 11.9 Å². The number of aromatic nitrogens is 1. The average molecular weight is 427 g/mol. The van der Waals surface area contributed by atoms with Crippen molar-refractivity contribution in [3.63, 3.8) is 0 Å². The summed E-state index contributed by atoms with van der Waals surface area (Å²) in [6.45, 7) is 6.27. The molecule has 1 atom stereocenters. The topological polar surface area (TPSA) is 86.0 Å². The van der Waals surface area contributed by atoms with E-state index in [-0.39, 0.29) is 18.5 Å². The molecule has 1 unspecified atom stereocenters. The molecule has 1 aliphatic rings. The van der Waals surface area contributed by atoms with Crippen LogP contribution in [0, 0.1) is 0 Å². The van der Waals surface area contributed by atoms with Gasteiger partial charge >= 0.3 is 0 Å². The minimum Gasteiger partial charge on any atom is -0.468 e. The van der Waals surface area contributed by atoms with Crippen LogP contribution in [0.15, 0.2) is 52.2 Å². The molecule has 31 heavy (non-hydrogen) atoms. The molecule has 3 rings (SSSR count). The smallest absolute Gasteiger partial charge is 0.244 e. The quantitative estimate of drug-likeness (QED) is 0.447. The molecule has 0 spiro atoms. The molecule has 0 bridgehead atoms. The van der Waals surface area contributed by atoms with Crippen molar-refractivity contribution < 1.29 is 9.21 Å². The zero-order chi connectivity index (χ0) is 21.9. The van der Waals surface area contributed by atoms with Crippen LogP contribution in [0.25, 0.3) is 0 Å². The molecule has 2 aromatic rings. The lowest BCUT2D eigenvalue weighted by atomic mass is 10.2. The molecule has 0 saturated carbocycles. The number of guanidine groups is 1. The molecular formula is C23H34N6O2. The number of hydrogen-bond acceptors (Lipinski definition) is 5. The van der Waals surface area contributed by atoms with Gasteiger partial charge in [-0.15, -0.1) is 0 Å². The van der Waals surface area contributed by atoms with Crippen molar-refractivity contribution in [2.24, 2.45) is 4.99 Å². The van der Waals surface area contributed by atoms with Crippen LogP contribution < -0.4 is 10.6 Å². The zero-order valence-corrected chi connectivity index (χ0v) is 18.6. The highest BCUT2D eigenvalue weighted by Gasteiger charge is 2.25. The van der Waals surface area contributed by atoms with Crippen LogP contribution in [0.4, 0.5) is 0 Å². The zero-order valence-electron chi connectivity index (χ0n) is 18.6. The fourth-order valence-corrected chi connectivity index (χ4v) is 3.70. The summed E-state index contributed by atoms with van der Waals surface area (Å²) in [4.78, 5) is 25.5. The molecule has 0 aliphatic carbocycles. The lowest BCUT2D eigenvalue weighted by Crippen LogP contribution is -2.43. The number of pyridine rings is 1. The maximum absolute atomic E-state index is 12.5. The number of furan rings is 1. The van der Waals surface area contributed by atoms with Crippen molar-refractivity contribution in [2.75, 3.05) is 46.3 Å². The van der Waals surface area contributed by atoms with Gasteiger partial charge in [-0.1, -0.05) is 6.07 Å². The van der Waals surface area contributed by atoms with Gasteiger partial charge in [0, 0.05) is 45.0 Å².